The molecule has 1 amide bonds. The van der Waals surface area contributed by atoms with Crippen LogP contribution in [0.2, 0.25) is 0 Å². The van der Waals surface area contributed by atoms with Crippen molar-refractivity contribution in [3.05, 3.63) is 54.1 Å². The summed E-state index contributed by atoms with van der Waals surface area (Å²) in [4.78, 5) is 19.7. The topological polar surface area (TPSA) is 67.9 Å². The first-order chi connectivity index (χ1) is 16.2. The smallest absolute Gasteiger partial charge is 0.222 e. The number of amidine groups is 1. The Morgan fingerprint density at radius 1 is 1.12 bits per heavy atom. The lowest BCUT2D eigenvalue weighted by molar-refractivity contribution is -0.132. The zero-order valence-electron chi connectivity index (χ0n) is 21.1. The maximum Gasteiger partial charge on any atom is 0.222 e. The fraction of sp³-hybridized carbons (Fsp3) is 0.517. The Morgan fingerprint density at radius 3 is 2.50 bits per heavy atom. The van der Waals surface area contributed by atoms with Gasteiger partial charge in [-0.15, -0.1) is 0 Å². The Labute approximate surface area is 204 Å². The van der Waals surface area contributed by atoms with Crippen molar-refractivity contribution in [2.75, 3.05) is 7.05 Å². The first-order valence-electron chi connectivity index (χ1n) is 12.7. The highest BCUT2D eigenvalue weighted by atomic mass is 16.5. The van der Waals surface area contributed by atoms with Crippen LogP contribution < -0.4 is 10.5 Å². The van der Waals surface area contributed by atoms with Crippen LogP contribution >= 0.6 is 0 Å². The van der Waals surface area contributed by atoms with Crippen LogP contribution in [0, 0.1) is 11.3 Å². The number of benzene rings is 2. The van der Waals surface area contributed by atoms with Gasteiger partial charge in [-0.1, -0.05) is 51.8 Å². The first-order valence-corrected chi connectivity index (χ1v) is 12.7. The van der Waals surface area contributed by atoms with E-state index in [1.807, 2.05) is 54.4 Å². The van der Waals surface area contributed by atoms with Crippen molar-refractivity contribution < 1.29 is 9.53 Å². The molecule has 0 spiro atoms. The molecule has 0 aromatic heterocycles. The summed E-state index contributed by atoms with van der Waals surface area (Å²) in [5.41, 5.74) is 8.67. The van der Waals surface area contributed by atoms with E-state index in [0.717, 1.165) is 48.4 Å². The number of carbonyl (C=O) groups is 1. The number of amides is 1. The second kappa shape index (κ2) is 10.2. The highest BCUT2D eigenvalue weighted by molar-refractivity contribution is 5.95. The second-order valence-electron chi connectivity index (χ2n) is 11.2. The Bertz CT molecular complexity index is 1020. The van der Waals surface area contributed by atoms with Gasteiger partial charge in [0.1, 0.15) is 17.3 Å². The van der Waals surface area contributed by atoms with Gasteiger partial charge in [-0.3, -0.25) is 4.79 Å². The molecule has 0 saturated heterocycles. The molecular formula is C29H39N3O2. The van der Waals surface area contributed by atoms with E-state index in [1.165, 1.54) is 12.8 Å². The van der Waals surface area contributed by atoms with Crippen LogP contribution in [0.15, 0.2) is 53.5 Å². The van der Waals surface area contributed by atoms with Crippen LogP contribution in [0.3, 0.4) is 0 Å². The van der Waals surface area contributed by atoms with E-state index in [4.69, 9.17) is 15.5 Å². The van der Waals surface area contributed by atoms with Gasteiger partial charge in [-0.25, -0.2) is 4.99 Å². The molecule has 0 radical (unpaired) electrons. The molecule has 2 aromatic carbocycles. The van der Waals surface area contributed by atoms with Crippen LogP contribution in [-0.4, -0.2) is 29.7 Å². The number of rotatable bonds is 8. The Kier molecular flexibility index (Phi) is 7.30. The molecule has 5 heteroatoms. The number of ether oxygens (including phenoxy) is 1. The third-order valence-corrected chi connectivity index (χ3v) is 7.22. The molecule has 2 aliphatic rings. The van der Waals surface area contributed by atoms with Gasteiger partial charge in [0.05, 0.1) is 5.69 Å². The maximum absolute atomic E-state index is 13.0. The van der Waals surface area contributed by atoms with Crippen LogP contribution in [0.1, 0.15) is 77.2 Å². The van der Waals surface area contributed by atoms with Crippen molar-refractivity contribution >= 4 is 17.4 Å². The van der Waals surface area contributed by atoms with E-state index in [2.05, 4.69) is 26.8 Å². The zero-order valence-corrected chi connectivity index (χ0v) is 21.1. The van der Waals surface area contributed by atoms with Crippen LogP contribution in [0.5, 0.6) is 11.5 Å². The van der Waals surface area contributed by atoms with Crippen molar-refractivity contribution in [3.63, 3.8) is 0 Å². The molecule has 0 bridgehead atoms. The third kappa shape index (κ3) is 5.81. The second-order valence-corrected chi connectivity index (χ2v) is 11.2. The number of nitrogens with two attached hydrogens (primary N) is 1. The summed E-state index contributed by atoms with van der Waals surface area (Å²) in [5, 5.41) is 0. The van der Waals surface area contributed by atoms with Gasteiger partial charge < -0.3 is 15.4 Å². The van der Waals surface area contributed by atoms with Gasteiger partial charge in [0, 0.05) is 25.4 Å². The molecule has 1 saturated carbocycles. The lowest BCUT2D eigenvalue weighted by Gasteiger charge is -2.32. The van der Waals surface area contributed by atoms with Gasteiger partial charge in [0.25, 0.3) is 0 Å². The molecule has 2 atom stereocenters. The largest absolute Gasteiger partial charge is 0.457 e. The SMILES string of the molecule is CN(C(=O)CCC(CC(C)(C)C)C1C(N)=Nc2ccc(Oc3ccccc3)cc21)C1CCCC1. The highest BCUT2D eigenvalue weighted by Gasteiger charge is 2.36. The number of hydrogen-bond donors (Lipinski definition) is 1. The lowest BCUT2D eigenvalue weighted by Crippen LogP contribution is -2.36. The third-order valence-electron chi connectivity index (χ3n) is 7.22. The summed E-state index contributed by atoms with van der Waals surface area (Å²) in [6.07, 6.45) is 7.05. The van der Waals surface area contributed by atoms with Crippen molar-refractivity contribution in [3.8, 4) is 11.5 Å². The van der Waals surface area contributed by atoms with Gasteiger partial charge in [-0.2, -0.15) is 0 Å². The number of hydrogen-bond acceptors (Lipinski definition) is 4. The first kappa shape index (κ1) is 24.3. The van der Waals surface area contributed by atoms with Crippen molar-refractivity contribution in [2.45, 2.75) is 77.7 Å². The zero-order chi connectivity index (χ0) is 24.3. The summed E-state index contributed by atoms with van der Waals surface area (Å²) in [6.45, 7) is 6.76. The fourth-order valence-electron chi connectivity index (χ4n) is 5.59. The van der Waals surface area contributed by atoms with E-state index >= 15 is 0 Å². The predicted molar refractivity (Wildman–Crippen MR) is 139 cm³/mol. The number of aliphatic imine (C=N–C) groups is 1. The Morgan fingerprint density at radius 2 is 1.82 bits per heavy atom. The molecule has 182 valence electrons. The summed E-state index contributed by atoms with van der Waals surface area (Å²) in [7, 11) is 1.98. The molecular weight excluding hydrogens is 422 g/mol. The molecule has 2 unspecified atom stereocenters. The van der Waals surface area contributed by atoms with E-state index in [1.54, 1.807) is 0 Å². The van der Waals surface area contributed by atoms with Crippen molar-refractivity contribution in [1.29, 1.82) is 0 Å². The van der Waals surface area contributed by atoms with Gasteiger partial charge in [0.15, 0.2) is 0 Å². The van der Waals surface area contributed by atoms with Crippen LogP contribution in [-0.2, 0) is 4.79 Å². The molecule has 4 rings (SSSR count). The van der Waals surface area contributed by atoms with Gasteiger partial charge in [-0.05, 0) is 72.9 Å². The quantitative estimate of drug-likeness (QED) is 0.470. The molecule has 5 nitrogen and oxygen atoms in total. The fourth-order valence-corrected chi connectivity index (χ4v) is 5.59. The van der Waals surface area contributed by atoms with E-state index in [-0.39, 0.29) is 23.2 Å². The number of nitrogens with zero attached hydrogens (tertiary/aromatic N) is 2. The maximum atomic E-state index is 13.0. The molecule has 1 aliphatic heterocycles. The van der Waals surface area contributed by atoms with E-state index in [9.17, 15) is 4.79 Å². The average molecular weight is 462 g/mol. The molecule has 1 fully saturated rings. The highest BCUT2D eigenvalue weighted by Crippen LogP contribution is 2.46. The van der Waals surface area contributed by atoms with Crippen molar-refractivity contribution in [1.82, 2.24) is 4.90 Å². The minimum atomic E-state index is -0.00173. The van der Waals surface area contributed by atoms with Gasteiger partial charge >= 0.3 is 0 Å². The molecule has 1 heterocycles. The summed E-state index contributed by atoms with van der Waals surface area (Å²) >= 11 is 0. The van der Waals surface area contributed by atoms with Crippen LogP contribution in [0.4, 0.5) is 5.69 Å². The minimum Gasteiger partial charge on any atom is -0.457 e. The minimum absolute atomic E-state index is 0.00173. The number of carbonyl (C=O) groups excluding carboxylic acids is 1. The Hall–Kier alpha value is -2.82. The number of para-hydroxylation sites is 1. The standard InChI is InChI=1S/C29H39N3O2/c1-29(2,3)19-20(14-17-26(33)32(4)21-10-8-9-11-21)27-24-18-23(15-16-25(24)31-28(27)30)34-22-12-6-5-7-13-22/h5-7,12-13,15-16,18,20-21,27H,8-11,14,17,19H2,1-4H3,(H2,30,31). The molecule has 2 aromatic rings. The lowest BCUT2D eigenvalue weighted by atomic mass is 9.74. The van der Waals surface area contributed by atoms with Crippen molar-refractivity contribution in [2.24, 2.45) is 22.1 Å². The van der Waals surface area contributed by atoms with Gasteiger partial charge in [0.2, 0.25) is 5.91 Å². The predicted octanol–water partition coefficient (Wildman–Crippen LogP) is 6.80. The molecule has 34 heavy (non-hydrogen) atoms. The molecule has 1 aliphatic carbocycles. The monoisotopic (exact) mass is 461 g/mol. The normalized spacial score (nSPS) is 18.9. The van der Waals surface area contributed by atoms with E-state index < -0.39 is 0 Å². The van der Waals surface area contributed by atoms with E-state index in [0.29, 0.717) is 18.3 Å². The number of fused-ring (bicyclic) bond motifs is 1. The van der Waals surface area contributed by atoms with Crippen LogP contribution in [0.25, 0.3) is 0 Å². The summed E-state index contributed by atoms with van der Waals surface area (Å²) in [6, 6.07) is 16.2. The summed E-state index contributed by atoms with van der Waals surface area (Å²) in [5.74, 6) is 2.72. The molecule has 2 N–H and O–H groups in total. The summed E-state index contributed by atoms with van der Waals surface area (Å²) < 4.78 is 6.10. The average Bonchev–Trinajstić information content (AvgIpc) is 3.43. The Balaban J connectivity index is 1.53.